The Labute approximate surface area is 96.8 Å². The molecule has 1 unspecified atom stereocenters. The second kappa shape index (κ2) is 6.09. The van der Waals surface area contributed by atoms with Crippen molar-refractivity contribution in [2.75, 3.05) is 0 Å². The summed E-state index contributed by atoms with van der Waals surface area (Å²) < 4.78 is 0. The summed E-state index contributed by atoms with van der Waals surface area (Å²) in [6.07, 6.45) is 6.60. The molecule has 0 aliphatic carbocycles. The van der Waals surface area contributed by atoms with Crippen LogP contribution in [0.15, 0.2) is 18.5 Å². The van der Waals surface area contributed by atoms with Gasteiger partial charge in [0.25, 0.3) is 0 Å². The number of aromatic nitrogens is 1. The molecule has 0 amide bonds. The van der Waals surface area contributed by atoms with E-state index in [0.717, 1.165) is 24.3 Å². The Morgan fingerprint density at radius 2 is 2.20 bits per heavy atom. The summed E-state index contributed by atoms with van der Waals surface area (Å²) in [6.45, 7) is 4.31. The monoisotopic (exact) mass is 226 g/mol. The van der Waals surface area contributed by atoms with E-state index >= 15 is 0 Å². The Morgan fingerprint density at radius 3 is 2.80 bits per heavy atom. The van der Waals surface area contributed by atoms with Crippen LogP contribution in [0.2, 0.25) is 5.02 Å². The average molecular weight is 227 g/mol. The van der Waals surface area contributed by atoms with Crippen molar-refractivity contribution in [3.05, 3.63) is 29.0 Å². The molecule has 3 heteroatoms. The van der Waals surface area contributed by atoms with Crippen molar-refractivity contribution >= 4 is 11.6 Å². The standard InChI is InChI=1S/C12H19ClN2/c1-9(2)12(14)5-3-4-10-6-7-15-8-11(10)13/h6-9,12H,3-5,14H2,1-2H3. The number of rotatable bonds is 5. The van der Waals surface area contributed by atoms with Gasteiger partial charge in [-0.05, 0) is 36.8 Å². The second-order valence-corrected chi connectivity index (χ2v) is 4.67. The molecular formula is C12H19ClN2. The quantitative estimate of drug-likeness (QED) is 0.838. The van der Waals surface area contributed by atoms with E-state index in [4.69, 9.17) is 17.3 Å². The smallest absolute Gasteiger partial charge is 0.0621 e. The molecule has 0 saturated carbocycles. The molecule has 0 fully saturated rings. The van der Waals surface area contributed by atoms with E-state index in [2.05, 4.69) is 18.8 Å². The normalized spacial score (nSPS) is 13.1. The van der Waals surface area contributed by atoms with Crippen LogP contribution in [-0.4, -0.2) is 11.0 Å². The lowest BCUT2D eigenvalue weighted by Gasteiger charge is -2.15. The molecule has 0 aliphatic heterocycles. The van der Waals surface area contributed by atoms with E-state index in [1.54, 1.807) is 12.4 Å². The number of hydrogen-bond acceptors (Lipinski definition) is 2. The summed E-state index contributed by atoms with van der Waals surface area (Å²) in [4.78, 5) is 3.96. The van der Waals surface area contributed by atoms with Crippen molar-refractivity contribution < 1.29 is 0 Å². The van der Waals surface area contributed by atoms with Gasteiger partial charge in [-0.25, -0.2) is 0 Å². The Balaban J connectivity index is 2.35. The number of pyridine rings is 1. The molecule has 0 saturated heterocycles. The highest BCUT2D eigenvalue weighted by Gasteiger charge is 2.07. The molecule has 1 atom stereocenters. The van der Waals surface area contributed by atoms with Gasteiger partial charge in [0.15, 0.2) is 0 Å². The Morgan fingerprint density at radius 1 is 1.47 bits per heavy atom. The highest BCUT2D eigenvalue weighted by molar-refractivity contribution is 6.31. The van der Waals surface area contributed by atoms with Gasteiger partial charge in [-0.15, -0.1) is 0 Å². The van der Waals surface area contributed by atoms with Crippen molar-refractivity contribution in [1.82, 2.24) is 4.98 Å². The molecule has 15 heavy (non-hydrogen) atoms. The van der Waals surface area contributed by atoms with Crippen LogP contribution in [0.1, 0.15) is 32.3 Å². The maximum Gasteiger partial charge on any atom is 0.0621 e. The molecule has 1 rings (SSSR count). The molecule has 1 heterocycles. The van der Waals surface area contributed by atoms with Gasteiger partial charge in [0.1, 0.15) is 0 Å². The summed E-state index contributed by atoms with van der Waals surface area (Å²) in [5, 5.41) is 0.760. The minimum Gasteiger partial charge on any atom is -0.327 e. The lowest BCUT2D eigenvalue weighted by molar-refractivity contribution is 0.452. The number of aryl methyl sites for hydroxylation is 1. The van der Waals surface area contributed by atoms with Crippen molar-refractivity contribution in [1.29, 1.82) is 0 Å². The van der Waals surface area contributed by atoms with Gasteiger partial charge in [0.2, 0.25) is 0 Å². The third-order valence-corrected chi connectivity index (χ3v) is 3.04. The van der Waals surface area contributed by atoms with E-state index in [1.165, 1.54) is 5.56 Å². The zero-order valence-corrected chi connectivity index (χ0v) is 10.2. The molecular weight excluding hydrogens is 208 g/mol. The fourth-order valence-corrected chi connectivity index (χ4v) is 1.68. The number of nitrogens with two attached hydrogens (primary N) is 1. The van der Waals surface area contributed by atoms with E-state index < -0.39 is 0 Å². The topological polar surface area (TPSA) is 38.9 Å². The highest BCUT2D eigenvalue weighted by Crippen LogP contribution is 2.17. The molecule has 1 aromatic heterocycles. The Bertz CT molecular complexity index is 299. The van der Waals surface area contributed by atoms with Crippen molar-refractivity contribution in [3.8, 4) is 0 Å². The van der Waals surface area contributed by atoms with Gasteiger partial charge in [-0.2, -0.15) is 0 Å². The van der Waals surface area contributed by atoms with E-state index in [-0.39, 0.29) is 0 Å². The van der Waals surface area contributed by atoms with E-state index in [9.17, 15) is 0 Å². The first kappa shape index (κ1) is 12.5. The lowest BCUT2D eigenvalue weighted by atomic mass is 9.98. The number of halogens is 1. The van der Waals surface area contributed by atoms with Gasteiger partial charge in [-0.3, -0.25) is 4.98 Å². The van der Waals surface area contributed by atoms with Crippen LogP contribution in [0.3, 0.4) is 0 Å². The summed E-state index contributed by atoms with van der Waals surface area (Å²) in [5.41, 5.74) is 7.14. The van der Waals surface area contributed by atoms with Gasteiger partial charge in [0.05, 0.1) is 5.02 Å². The minimum atomic E-state index is 0.297. The van der Waals surface area contributed by atoms with Crippen LogP contribution >= 0.6 is 11.6 Å². The predicted octanol–water partition coefficient (Wildman–Crippen LogP) is 3.04. The molecule has 0 aliphatic rings. The largest absolute Gasteiger partial charge is 0.327 e. The molecule has 0 spiro atoms. The first-order chi connectivity index (χ1) is 7.11. The fourth-order valence-electron chi connectivity index (χ4n) is 1.47. The first-order valence-electron chi connectivity index (χ1n) is 5.45. The Kier molecular flexibility index (Phi) is 5.06. The van der Waals surface area contributed by atoms with Crippen LogP contribution in [0, 0.1) is 5.92 Å². The summed E-state index contributed by atoms with van der Waals surface area (Å²) in [5.74, 6) is 0.554. The predicted molar refractivity (Wildman–Crippen MR) is 65.0 cm³/mol. The summed E-state index contributed by atoms with van der Waals surface area (Å²) in [7, 11) is 0. The molecule has 2 nitrogen and oxygen atoms in total. The third-order valence-electron chi connectivity index (χ3n) is 2.70. The van der Waals surface area contributed by atoms with Gasteiger partial charge in [0, 0.05) is 18.4 Å². The molecule has 0 radical (unpaired) electrons. The van der Waals surface area contributed by atoms with Crippen molar-refractivity contribution in [2.45, 2.75) is 39.2 Å². The maximum absolute atomic E-state index is 6.01. The third kappa shape index (κ3) is 4.18. The molecule has 1 aromatic rings. The average Bonchev–Trinajstić information content (AvgIpc) is 2.20. The number of hydrogen-bond donors (Lipinski definition) is 1. The first-order valence-corrected chi connectivity index (χ1v) is 5.83. The molecule has 84 valence electrons. The van der Waals surface area contributed by atoms with Gasteiger partial charge >= 0.3 is 0 Å². The molecule has 2 N–H and O–H groups in total. The lowest BCUT2D eigenvalue weighted by Crippen LogP contribution is -2.26. The SMILES string of the molecule is CC(C)C(N)CCCc1ccncc1Cl. The van der Waals surface area contributed by atoms with Gasteiger partial charge < -0.3 is 5.73 Å². The minimum absolute atomic E-state index is 0.297. The van der Waals surface area contributed by atoms with Crippen molar-refractivity contribution in [3.63, 3.8) is 0 Å². The Hall–Kier alpha value is -0.600. The van der Waals surface area contributed by atoms with Crippen LogP contribution in [0.25, 0.3) is 0 Å². The van der Waals surface area contributed by atoms with Crippen LogP contribution in [0.5, 0.6) is 0 Å². The van der Waals surface area contributed by atoms with Crippen LogP contribution in [-0.2, 0) is 6.42 Å². The van der Waals surface area contributed by atoms with Crippen LogP contribution in [0.4, 0.5) is 0 Å². The molecule has 0 bridgehead atoms. The van der Waals surface area contributed by atoms with E-state index in [1.807, 2.05) is 6.07 Å². The van der Waals surface area contributed by atoms with Gasteiger partial charge in [-0.1, -0.05) is 25.4 Å². The van der Waals surface area contributed by atoms with E-state index in [0.29, 0.717) is 12.0 Å². The summed E-state index contributed by atoms with van der Waals surface area (Å²) >= 11 is 6.01. The number of nitrogens with zero attached hydrogens (tertiary/aromatic N) is 1. The second-order valence-electron chi connectivity index (χ2n) is 4.27. The zero-order valence-electron chi connectivity index (χ0n) is 9.41. The maximum atomic E-state index is 6.01. The summed E-state index contributed by atoms with van der Waals surface area (Å²) in [6, 6.07) is 2.27. The molecule has 0 aromatic carbocycles. The zero-order chi connectivity index (χ0) is 11.3. The fraction of sp³-hybridized carbons (Fsp3) is 0.583. The van der Waals surface area contributed by atoms with Crippen LogP contribution < -0.4 is 5.73 Å². The highest BCUT2D eigenvalue weighted by atomic mass is 35.5. The van der Waals surface area contributed by atoms with Crippen molar-refractivity contribution in [2.24, 2.45) is 11.7 Å².